The van der Waals surface area contributed by atoms with Crippen LogP contribution in [0, 0.1) is 5.92 Å². The number of carbonyl (C=O) groups is 1. The van der Waals surface area contributed by atoms with Gasteiger partial charge in [-0.1, -0.05) is 35.5 Å². The molecule has 5 heteroatoms. The summed E-state index contributed by atoms with van der Waals surface area (Å²) in [5.41, 5.74) is 7.43. The van der Waals surface area contributed by atoms with Gasteiger partial charge in [-0.25, -0.2) is 4.68 Å². The Bertz CT molecular complexity index is 578. The molecule has 0 spiro atoms. The van der Waals surface area contributed by atoms with Crippen molar-refractivity contribution in [2.45, 2.75) is 25.4 Å². The number of benzene rings is 1. The highest BCUT2D eigenvalue weighted by Crippen LogP contribution is 2.48. The summed E-state index contributed by atoms with van der Waals surface area (Å²) < 4.78 is 1.57. The Hall–Kier alpha value is -2.01. The predicted octanol–water partition coefficient (Wildman–Crippen LogP) is 1.11. The summed E-state index contributed by atoms with van der Waals surface area (Å²) in [5, 5.41) is 7.78. The Morgan fingerprint density at radius 3 is 2.84 bits per heavy atom. The molecule has 98 valence electrons. The van der Waals surface area contributed by atoms with E-state index in [4.69, 9.17) is 5.73 Å². The third kappa shape index (κ3) is 2.56. The third-order valence-electron chi connectivity index (χ3n) is 3.54. The van der Waals surface area contributed by atoms with Crippen LogP contribution in [0.3, 0.4) is 0 Å². The van der Waals surface area contributed by atoms with E-state index in [2.05, 4.69) is 22.4 Å². The molecule has 5 nitrogen and oxygen atoms in total. The first-order valence-electron chi connectivity index (χ1n) is 6.44. The van der Waals surface area contributed by atoms with E-state index in [0.717, 1.165) is 6.42 Å². The molecule has 1 aliphatic rings. The largest absolute Gasteiger partial charge is 0.325 e. The topological polar surface area (TPSA) is 73.8 Å². The predicted molar refractivity (Wildman–Crippen MR) is 70.2 cm³/mol. The molecule has 1 saturated carbocycles. The summed E-state index contributed by atoms with van der Waals surface area (Å²) in [6.07, 6.45) is 2.68. The second-order valence-electron chi connectivity index (χ2n) is 4.94. The Balaban J connectivity index is 1.61. The zero-order chi connectivity index (χ0) is 13.2. The monoisotopic (exact) mass is 256 g/mol. The zero-order valence-corrected chi connectivity index (χ0v) is 10.6. The van der Waals surface area contributed by atoms with Crippen LogP contribution in [-0.4, -0.2) is 20.8 Å². The molecule has 3 rings (SSSR count). The van der Waals surface area contributed by atoms with E-state index in [9.17, 15) is 4.79 Å². The Morgan fingerprint density at radius 2 is 2.16 bits per heavy atom. The normalized spacial score (nSPS) is 21.3. The number of nitrogens with zero attached hydrogens (tertiary/aromatic N) is 3. The van der Waals surface area contributed by atoms with Crippen molar-refractivity contribution >= 4 is 5.78 Å². The van der Waals surface area contributed by atoms with Crippen molar-refractivity contribution in [3.63, 3.8) is 0 Å². The van der Waals surface area contributed by atoms with Crippen molar-refractivity contribution in [3.05, 3.63) is 47.8 Å². The lowest BCUT2D eigenvalue weighted by Gasteiger charge is -2.00. The van der Waals surface area contributed by atoms with Crippen molar-refractivity contribution in [2.75, 3.05) is 0 Å². The highest BCUT2D eigenvalue weighted by atomic mass is 16.1. The number of rotatable bonds is 5. The van der Waals surface area contributed by atoms with Gasteiger partial charge in [0, 0.05) is 12.5 Å². The standard InChI is InChI=1S/C14H16N4O/c15-7-11-8-18(17-16-11)9-14(19)13-6-12(13)10-4-2-1-3-5-10/h1-5,8,12-13H,6-7,9,15H2. The van der Waals surface area contributed by atoms with Crippen molar-refractivity contribution in [1.29, 1.82) is 0 Å². The van der Waals surface area contributed by atoms with Gasteiger partial charge < -0.3 is 5.73 Å². The van der Waals surface area contributed by atoms with Gasteiger partial charge in [0.1, 0.15) is 6.54 Å². The van der Waals surface area contributed by atoms with Gasteiger partial charge in [0.2, 0.25) is 0 Å². The first kappa shape index (κ1) is 12.0. The Labute approximate surface area is 111 Å². The van der Waals surface area contributed by atoms with Crippen LogP contribution in [0.5, 0.6) is 0 Å². The van der Waals surface area contributed by atoms with Crippen LogP contribution >= 0.6 is 0 Å². The average molecular weight is 256 g/mol. The Kier molecular flexibility index (Phi) is 3.13. The molecule has 0 saturated heterocycles. The minimum atomic E-state index is 0.132. The molecule has 0 aliphatic heterocycles. The van der Waals surface area contributed by atoms with Gasteiger partial charge in [-0.05, 0) is 17.9 Å². The molecule has 2 N–H and O–H groups in total. The maximum Gasteiger partial charge on any atom is 0.158 e. The molecule has 2 atom stereocenters. The van der Waals surface area contributed by atoms with E-state index in [-0.39, 0.29) is 11.7 Å². The molecule has 1 aromatic carbocycles. The molecule has 1 fully saturated rings. The van der Waals surface area contributed by atoms with Crippen molar-refractivity contribution in [3.8, 4) is 0 Å². The lowest BCUT2D eigenvalue weighted by atomic mass is 10.1. The molecule has 1 aromatic heterocycles. The van der Waals surface area contributed by atoms with Crippen LogP contribution in [-0.2, 0) is 17.9 Å². The molecule has 0 amide bonds. The van der Waals surface area contributed by atoms with E-state index in [1.807, 2.05) is 18.2 Å². The molecule has 1 heterocycles. The maximum absolute atomic E-state index is 12.1. The highest BCUT2D eigenvalue weighted by molar-refractivity contribution is 5.84. The van der Waals surface area contributed by atoms with E-state index < -0.39 is 0 Å². The molecule has 0 radical (unpaired) electrons. The van der Waals surface area contributed by atoms with Crippen LogP contribution in [0.2, 0.25) is 0 Å². The number of hydrogen-bond donors (Lipinski definition) is 1. The smallest absolute Gasteiger partial charge is 0.158 e. The van der Waals surface area contributed by atoms with Gasteiger partial charge in [0.15, 0.2) is 5.78 Å². The van der Waals surface area contributed by atoms with Gasteiger partial charge in [0.05, 0.1) is 11.9 Å². The summed E-state index contributed by atoms with van der Waals surface area (Å²) in [5.74, 6) is 0.737. The summed E-state index contributed by atoms with van der Waals surface area (Å²) in [6, 6.07) is 10.2. The first-order chi connectivity index (χ1) is 9.28. The van der Waals surface area contributed by atoms with Crippen LogP contribution < -0.4 is 5.73 Å². The van der Waals surface area contributed by atoms with Crippen LogP contribution in [0.15, 0.2) is 36.5 Å². The van der Waals surface area contributed by atoms with Gasteiger partial charge in [-0.3, -0.25) is 4.79 Å². The Morgan fingerprint density at radius 1 is 1.37 bits per heavy atom. The minimum Gasteiger partial charge on any atom is -0.325 e. The van der Waals surface area contributed by atoms with Crippen LogP contribution in [0.1, 0.15) is 23.6 Å². The lowest BCUT2D eigenvalue weighted by Crippen LogP contribution is -2.13. The fourth-order valence-electron chi connectivity index (χ4n) is 2.41. The molecule has 2 unspecified atom stereocenters. The summed E-state index contributed by atoms with van der Waals surface area (Å²) in [7, 11) is 0. The number of nitrogens with two attached hydrogens (primary N) is 1. The molecular weight excluding hydrogens is 240 g/mol. The number of hydrogen-bond acceptors (Lipinski definition) is 4. The molecule has 2 aromatic rings. The van der Waals surface area contributed by atoms with Gasteiger partial charge in [-0.2, -0.15) is 0 Å². The molecule has 0 bridgehead atoms. The van der Waals surface area contributed by atoms with E-state index in [1.54, 1.807) is 10.9 Å². The lowest BCUT2D eigenvalue weighted by molar-refractivity contribution is -0.121. The minimum absolute atomic E-state index is 0.132. The third-order valence-corrected chi connectivity index (χ3v) is 3.54. The molecular formula is C14H16N4O. The van der Waals surface area contributed by atoms with Crippen molar-refractivity contribution in [2.24, 2.45) is 11.7 Å². The quantitative estimate of drug-likeness (QED) is 0.869. The number of carbonyl (C=O) groups excluding carboxylic acids is 1. The number of Topliss-reactive ketones (excluding diaryl/α,β-unsaturated/α-hetero) is 1. The summed E-state index contributed by atoms with van der Waals surface area (Å²) in [6.45, 7) is 0.644. The van der Waals surface area contributed by atoms with E-state index in [0.29, 0.717) is 24.7 Å². The zero-order valence-electron chi connectivity index (χ0n) is 10.6. The van der Waals surface area contributed by atoms with Crippen LogP contribution in [0.25, 0.3) is 0 Å². The highest BCUT2D eigenvalue weighted by Gasteiger charge is 2.43. The van der Waals surface area contributed by atoms with Gasteiger partial charge in [0.25, 0.3) is 0 Å². The number of aromatic nitrogens is 3. The van der Waals surface area contributed by atoms with E-state index in [1.165, 1.54) is 5.56 Å². The fourth-order valence-corrected chi connectivity index (χ4v) is 2.41. The van der Waals surface area contributed by atoms with Gasteiger partial charge >= 0.3 is 0 Å². The second kappa shape index (κ2) is 4.93. The summed E-state index contributed by atoms with van der Waals surface area (Å²) >= 11 is 0. The molecule has 19 heavy (non-hydrogen) atoms. The van der Waals surface area contributed by atoms with Crippen molar-refractivity contribution < 1.29 is 4.79 Å². The average Bonchev–Trinajstić information content (AvgIpc) is 3.13. The fraction of sp³-hybridized carbons (Fsp3) is 0.357. The van der Waals surface area contributed by atoms with Gasteiger partial charge in [-0.15, -0.1) is 5.10 Å². The van der Waals surface area contributed by atoms with Crippen molar-refractivity contribution in [1.82, 2.24) is 15.0 Å². The molecule has 1 aliphatic carbocycles. The van der Waals surface area contributed by atoms with Crippen LogP contribution in [0.4, 0.5) is 0 Å². The first-order valence-corrected chi connectivity index (χ1v) is 6.44. The number of ketones is 1. The van der Waals surface area contributed by atoms with E-state index >= 15 is 0 Å². The SMILES string of the molecule is NCc1cn(CC(=O)C2CC2c2ccccc2)nn1. The summed E-state index contributed by atoms with van der Waals surface area (Å²) in [4.78, 5) is 12.1. The maximum atomic E-state index is 12.1. The second-order valence-corrected chi connectivity index (χ2v) is 4.94.